The third-order valence-electron chi connectivity index (χ3n) is 5.17. The molecule has 1 aromatic carbocycles. The summed E-state index contributed by atoms with van der Waals surface area (Å²) in [5.41, 5.74) is 1.13. The van der Waals surface area contributed by atoms with Crippen LogP contribution >= 0.6 is 0 Å². The monoisotopic (exact) mass is 401 g/mol. The molecule has 3 rings (SSSR count). The molecule has 7 nitrogen and oxygen atoms in total. The average Bonchev–Trinajstić information content (AvgIpc) is 2.72. The molecule has 0 bridgehead atoms. The molecule has 0 spiro atoms. The van der Waals surface area contributed by atoms with Crippen LogP contribution in [0.4, 0.5) is 0 Å². The van der Waals surface area contributed by atoms with Gasteiger partial charge in [0.2, 0.25) is 0 Å². The maximum Gasteiger partial charge on any atom is 0.349 e. The van der Waals surface area contributed by atoms with Crippen molar-refractivity contribution in [2.24, 2.45) is 0 Å². The second kappa shape index (κ2) is 9.71. The number of carbonyl (C=O) groups is 1. The standard InChI is InChI=1S/C22H27NO6/c1-14-12-17(9-6-15-4-7-16(26-2)8-5-15)29-22(25)20(14)21(24)23-18-10-11-28-13-19(18)27-3/h4-5,7-8,12,18-19H,6,9-11,13H2,1-3H3,(H,23,24)/t18-,19-/m0/s1. The fourth-order valence-corrected chi connectivity index (χ4v) is 3.48. The zero-order valence-corrected chi connectivity index (χ0v) is 17.0. The van der Waals surface area contributed by atoms with Crippen LogP contribution in [0.25, 0.3) is 0 Å². The Morgan fingerprint density at radius 2 is 1.97 bits per heavy atom. The molecular weight excluding hydrogens is 374 g/mol. The SMILES string of the molecule is COc1ccc(CCc2cc(C)c(C(=O)N[C@H]3CCOC[C@@H]3OC)c(=O)o2)cc1. The van der Waals surface area contributed by atoms with Crippen LogP contribution in [0.15, 0.2) is 39.5 Å². The Hall–Kier alpha value is -2.64. The van der Waals surface area contributed by atoms with Gasteiger partial charge in [-0.3, -0.25) is 4.79 Å². The van der Waals surface area contributed by atoms with Gasteiger partial charge in [-0.25, -0.2) is 4.79 Å². The Morgan fingerprint density at radius 3 is 2.62 bits per heavy atom. The Kier molecular flexibility index (Phi) is 7.06. The van der Waals surface area contributed by atoms with E-state index < -0.39 is 11.5 Å². The van der Waals surface area contributed by atoms with Crippen LogP contribution in [-0.2, 0) is 22.3 Å². The summed E-state index contributed by atoms with van der Waals surface area (Å²) < 4.78 is 21.3. The number of nitrogens with one attached hydrogen (secondary N) is 1. The smallest absolute Gasteiger partial charge is 0.349 e. The van der Waals surface area contributed by atoms with Crippen molar-refractivity contribution in [3.8, 4) is 5.75 Å². The molecule has 2 atom stereocenters. The maximum absolute atomic E-state index is 12.7. The number of carbonyl (C=O) groups excluding carboxylic acids is 1. The number of hydrogen-bond donors (Lipinski definition) is 1. The topological polar surface area (TPSA) is 87.0 Å². The predicted molar refractivity (Wildman–Crippen MR) is 108 cm³/mol. The van der Waals surface area contributed by atoms with Gasteiger partial charge in [0.05, 0.1) is 19.8 Å². The number of benzene rings is 1. The minimum atomic E-state index is -0.617. The molecule has 1 aliphatic rings. The molecule has 156 valence electrons. The lowest BCUT2D eigenvalue weighted by Gasteiger charge is -2.31. The summed E-state index contributed by atoms with van der Waals surface area (Å²) in [6, 6.07) is 9.31. The summed E-state index contributed by atoms with van der Waals surface area (Å²) in [7, 11) is 3.21. The molecule has 29 heavy (non-hydrogen) atoms. The van der Waals surface area contributed by atoms with Crippen molar-refractivity contribution in [1.29, 1.82) is 0 Å². The summed E-state index contributed by atoms with van der Waals surface area (Å²) in [6.45, 7) is 2.71. The van der Waals surface area contributed by atoms with Gasteiger partial charge in [-0.15, -0.1) is 0 Å². The van der Waals surface area contributed by atoms with E-state index in [1.807, 2.05) is 24.3 Å². The minimum absolute atomic E-state index is 0.0412. The van der Waals surface area contributed by atoms with Gasteiger partial charge in [-0.05, 0) is 49.1 Å². The van der Waals surface area contributed by atoms with E-state index in [0.717, 1.165) is 17.7 Å². The van der Waals surface area contributed by atoms with E-state index in [4.69, 9.17) is 18.6 Å². The molecule has 1 fully saturated rings. The Labute approximate surface area is 170 Å². The van der Waals surface area contributed by atoms with Crippen LogP contribution in [0.3, 0.4) is 0 Å². The van der Waals surface area contributed by atoms with Gasteiger partial charge in [-0.2, -0.15) is 0 Å². The molecule has 2 heterocycles. The third kappa shape index (κ3) is 5.25. The van der Waals surface area contributed by atoms with Crippen molar-refractivity contribution in [3.05, 3.63) is 63.2 Å². The highest BCUT2D eigenvalue weighted by molar-refractivity contribution is 5.95. The van der Waals surface area contributed by atoms with Crippen LogP contribution in [-0.4, -0.2) is 45.5 Å². The summed E-state index contributed by atoms with van der Waals surface area (Å²) in [4.78, 5) is 25.2. The van der Waals surface area contributed by atoms with Crippen molar-refractivity contribution < 1.29 is 23.4 Å². The van der Waals surface area contributed by atoms with Gasteiger partial charge < -0.3 is 23.9 Å². The van der Waals surface area contributed by atoms with E-state index in [1.165, 1.54) is 0 Å². The second-order valence-corrected chi connectivity index (χ2v) is 7.12. The highest BCUT2D eigenvalue weighted by Gasteiger charge is 2.29. The van der Waals surface area contributed by atoms with Gasteiger partial charge in [-0.1, -0.05) is 12.1 Å². The summed E-state index contributed by atoms with van der Waals surface area (Å²) >= 11 is 0. The summed E-state index contributed by atoms with van der Waals surface area (Å²) in [5.74, 6) is 0.916. The molecule has 1 N–H and O–H groups in total. The molecule has 0 saturated carbocycles. The Bertz CT molecular complexity index is 889. The lowest BCUT2D eigenvalue weighted by molar-refractivity contribution is -0.0479. The number of amides is 1. The van der Waals surface area contributed by atoms with Crippen LogP contribution in [0.5, 0.6) is 5.75 Å². The number of rotatable bonds is 7. The maximum atomic E-state index is 12.7. The molecule has 0 aliphatic carbocycles. The first kappa shape index (κ1) is 21.1. The lowest BCUT2D eigenvalue weighted by Crippen LogP contribution is -2.50. The van der Waals surface area contributed by atoms with E-state index in [-0.39, 0.29) is 17.7 Å². The van der Waals surface area contributed by atoms with Crippen molar-refractivity contribution >= 4 is 5.91 Å². The molecule has 1 saturated heterocycles. The highest BCUT2D eigenvalue weighted by Crippen LogP contribution is 2.15. The van der Waals surface area contributed by atoms with E-state index in [9.17, 15) is 9.59 Å². The Morgan fingerprint density at radius 1 is 1.21 bits per heavy atom. The minimum Gasteiger partial charge on any atom is -0.497 e. The fraction of sp³-hybridized carbons (Fsp3) is 0.455. The lowest BCUT2D eigenvalue weighted by atomic mass is 10.0. The van der Waals surface area contributed by atoms with Crippen LogP contribution in [0.1, 0.15) is 33.7 Å². The fourth-order valence-electron chi connectivity index (χ4n) is 3.48. The number of ether oxygens (including phenoxy) is 3. The van der Waals surface area contributed by atoms with E-state index in [0.29, 0.717) is 37.4 Å². The second-order valence-electron chi connectivity index (χ2n) is 7.12. The zero-order chi connectivity index (χ0) is 20.8. The number of aryl methyl sites for hydroxylation is 3. The molecular formula is C22H27NO6. The van der Waals surface area contributed by atoms with Gasteiger partial charge in [0, 0.05) is 20.1 Å². The van der Waals surface area contributed by atoms with Gasteiger partial charge >= 0.3 is 5.63 Å². The average molecular weight is 401 g/mol. The zero-order valence-electron chi connectivity index (χ0n) is 17.0. The van der Waals surface area contributed by atoms with Crippen LogP contribution in [0, 0.1) is 6.92 Å². The molecule has 1 aliphatic heterocycles. The Balaban J connectivity index is 1.68. The quantitative estimate of drug-likeness (QED) is 0.766. The highest BCUT2D eigenvalue weighted by atomic mass is 16.5. The van der Waals surface area contributed by atoms with Crippen LogP contribution < -0.4 is 15.7 Å². The van der Waals surface area contributed by atoms with Crippen LogP contribution in [0.2, 0.25) is 0 Å². The van der Waals surface area contributed by atoms with E-state index >= 15 is 0 Å². The normalized spacial score (nSPS) is 19.0. The third-order valence-corrected chi connectivity index (χ3v) is 5.17. The van der Waals surface area contributed by atoms with Crippen molar-refractivity contribution in [2.75, 3.05) is 27.4 Å². The first-order valence-corrected chi connectivity index (χ1v) is 9.69. The molecule has 7 heteroatoms. The number of hydrogen-bond acceptors (Lipinski definition) is 6. The molecule has 0 radical (unpaired) electrons. The van der Waals surface area contributed by atoms with Crippen molar-refractivity contribution in [3.63, 3.8) is 0 Å². The summed E-state index contributed by atoms with van der Waals surface area (Å²) in [6.07, 6.45) is 1.68. The predicted octanol–water partition coefficient (Wildman–Crippen LogP) is 2.28. The van der Waals surface area contributed by atoms with Gasteiger partial charge in [0.25, 0.3) is 5.91 Å². The van der Waals surface area contributed by atoms with E-state index in [2.05, 4.69) is 5.32 Å². The first-order valence-electron chi connectivity index (χ1n) is 9.69. The summed E-state index contributed by atoms with van der Waals surface area (Å²) in [5, 5.41) is 2.89. The first-order chi connectivity index (χ1) is 14.0. The van der Waals surface area contributed by atoms with E-state index in [1.54, 1.807) is 27.2 Å². The van der Waals surface area contributed by atoms with Gasteiger partial charge in [0.1, 0.15) is 23.2 Å². The van der Waals surface area contributed by atoms with Gasteiger partial charge in [0.15, 0.2) is 0 Å². The van der Waals surface area contributed by atoms with Crippen molar-refractivity contribution in [2.45, 2.75) is 38.3 Å². The largest absolute Gasteiger partial charge is 0.497 e. The molecule has 1 amide bonds. The number of methoxy groups -OCH3 is 2. The molecule has 2 aromatic rings. The van der Waals surface area contributed by atoms with Crippen molar-refractivity contribution in [1.82, 2.24) is 5.32 Å². The molecule has 0 unspecified atom stereocenters. The molecule has 1 aromatic heterocycles.